The molecule has 0 saturated carbocycles. The Morgan fingerprint density at radius 2 is 1.74 bits per heavy atom. The van der Waals surface area contributed by atoms with Crippen molar-refractivity contribution in [3.63, 3.8) is 0 Å². The molecule has 7 heteroatoms. The predicted octanol–water partition coefficient (Wildman–Crippen LogP) is 4.61. The van der Waals surface area contributed by atoms with Gasteiger partial charge >= 0.3 is 11.9 Å². The maximum Gasteiger partial charge on any atom is 0.396 e. The molecule has 0 aliphatic heterocycles. The summed E-state index contributed by atoms with van der Waals surface area (Å²) in [6, 6.07) is 22.4. The third kappa shape index (κ3) is 4.69. The Bertz CT molecular complexity index is 1310. The van der Waals surface area contributed by atoms with E-state index in [9.17, 15) is 14.0 Å². The van der Waals surface area contributed by atoms with E-state index in [0.717, 1.165) is 27.7 Å². The van der Waals surface area contributed by atoms with Crippen molar-refractivity contribution in [1.29, 1.82) is 0 Å². The molecule has 34 heavy (non-hydrogen) atoms. The summed E-state index contributed by atoms with van der Waals surface area (Å²) in [5, 5.41) is 8.15. The van der Waals surface area contributed by atoms with Crippen LogP contribution in [0.3, 0.4) is 0 Å². The van der Waals surface area contributed by atoms with Crippen molar-refractivity contribution in [3.8, 4) is 5.69 Å². The molecule has 4 rings (SSSR count). The Hall–Kier alpha value is -4.00. The molecule has 0 bridgehead atoms. The third-order valence-electron chi connectivity index (χ3n) is 5.99. The zero-order valence-electron chi connectivity index (χ0n) is 19.3. The number of rotatable bonds is 6. The van der Waals surface area contributed by atoms with Gasteiger partial charge in [0.05, 0.1) is 24.5 Å². The lowest BCUT2D eigenvalue weighted by atomic mass is 9.71. The number of nitrogens with zero attached hydrogens (tertiary/aromatic N) is 2. The number of esters is 1. The van der Waals surface area contributed by atoms with Crippen LogP contribution >= 0.6 is 0 Å². The lowest BCUT2D eigenvalue weighted by Gasteiger charge is -2.35. The summed E-state index contributed by atoms with van der Waals surface area (Å²) in [7, 11) is 1.18. The minimum Gasteiger partial charge on any atom is -0.462 e. The highest BCUT2D eigenvalue weighted by Crippen LogP contribution is 2.41. The molecular formula is C27H26FN3O3. The maximum atomic E-state index is 13.4. The van der Waals surface area contributed by atoms with Crippen LogP contribution < -0.4 is 5.32 Å². The minimum atomic E-state index is -0.915. The van der Waals surface area contributed by atoms with Crippen molar-refractivity contribution in [2.24, 2.45) is 5.41 Å². The first-order valence-corrected chi connectivity index (χ1v) is 10.9. The standard InChI is InChI=1S/C27H26FN3O3/c1-27(2,17-29-25(32)26(33)34-3)24(18-7-5-4-6-8-18)19-9-14-23-20(15-19)16-30-31(23)22-12-10-21(28)11-13-22/h4-16,24H,17H2,1-3H3,(H,29,32)/t24-/m1/s1. The van der Waals surface area contributed by atoms with Gasteiger partial charge in [-0.1, -0.05) is 50.2 Å². The van der Waals surface area contributed by atoms with Gasteiger partial charge in [0.2, 0.25) is 0 Å². The van der Waals surface area contributed by atoms with Crippen molar-refractivity contribution in [3.05, 3.63) is 95.9 Å². The fourth-order valence-electron chi connectivity index (χ4n) is 4.33. The zero-order chi connectivity index (χ0) is 24.3. The molecule has 3 aromatic carbocycles. The van der Waals surface area contributed by atoms with Gasteiger partial charge in [0, 0.05) is 17.8 Å². The third-order valence-corrected chi connectivity index (χ3v) is 5.99. The Morgan fingerprint density at radius 3 is 2.41 bits per heavy atom. The van der Waals surface area contributed by atoms with Crippen molar-refractivity contribution in [1.82, 2.24) is 15.1 Å². The van der Waals surface area contributed by atoms with Crippen molar-refractivity contribution < 1.29 is 18.7 Å². The predicted molar refractivity (Wildman–Crippen MR) is 128 cm³/mol. The summed E-state index contributed by atoms with van der Waals surface area (Å²) in [5.74, 6) is -2.06. The highest BCUT2D eigenvalue weighted by Gasteiger charge is 2.33. The molecule has 1 N–H and O–H groups in total. The second kappa shape index (κ2) is 9.47. The Labute approximate surface area is 197 Å². The van der Waals surface area contributed by atoms with Gasteiger partial charge in [-0.3, -0.25) is 4.79 Å². The minimum absolute atomic E-state index is 0.0785. The van der Waals surface area contributed by atoms with Gasteiger partial charge in [0.25, 0.3) is 0 Å². The van der Waals surface area contributed by atoms with E-state index in [1.165, 1.54) is 19.2 Å². The SMILES string of the molecule is COC(=O)C(=O)NCC(C)(C)[C@H](c1ccccc1)c1ccc2c(cnn2-c2ccc(F)cc2)c1. The van der Waals surface area contributed by atoms with Crippen LogP contribution in [-0.4, -0.2) is 35.3 Å². The average molecular weight is 460 g/mol. The lowest BCUT2D eigenvalue weighted by molar-refractivity contribution is -0.152. The van der Waals surface area contributed by atoms with Crippen LogP contribution in [0.5, 0.6) is 0 Å². The summed E-state index contributed by atoms with van der Waals surface area (Å²) >= 11 is 0. The summed E-state index contributed by atoms with van der Waals surface area (Å²) in [4.78, 5) is 23.6. The molecule has 1 atom stereocenters. The number of amides is 1. The van der Waals surface area contributed by atoms with Crippen LogP contribution in [-0.2, 0) is 14.3 Å². The number of hydrogen-bond acceptors (Lipinski definition) is 4. The van der Waals surface area contributed by atoms with Crippen LogP contribution in [0.15, 0.2) is 79.0 Å². The van der Waals surface area contributed by atoms with E-state index in [1.54, 1.807) is 23.0 Å². The normalized spacial score (nSPS) is 12.4. The molecule has 1 amide bonds. The Balaban J connectivity index is 1.71. The van der Waals surface area contributed by atoms with Crippen molar-refractivity contribution >= 4 is 22.8 Å². The monoisotopic (exact) mass is 459 g/mol. The van der Waals surface area contributed by atoms with E-state index in [1.807, 2.05) is 44.2 Å². The zero-order valence-corrected chi connectivity index (χ0v) is 19.3. The molecular weight excluding hydrogens is 433 g/mol. The lowest BCUT2D eigenvalue weighted by Crippen LogP contribution is -2.41. The molecule has 0 aliphatic carbocycles. The first-order valence-electron chi connectivity index (χ1n) is 10.9. The molecule has 1 heterocycles. The van der Waals surface area contributed by atoms with Gasteiger partial charge < -0.3 is 10.1 Å². The quantitative estimate of drug-likeness (QED) is 0.338. The Kier molecular flexibility index (Phi) is 6.45. The van der Waals surface area contributed by atoms with E-state index in [-0.39, 0.29) is 18.3 Å². The van der Waals surface area contributed by atoms with E-state index in [4.69, 9.17) is 0 Å². The molecule has 0 aliphatic rings. The summed E-state index contributed by atoms with van der Waals surface area (Å²) in [6.07, 6.45) is 1.79. The average Bonchev–Trinajstić information content (AvgIpc) is 3.26. The second-order valence-corrected chi connectivity index (χ2v) is 8.86. The van der Waals surface area contributed by atoms with Gasteiger partial charge in [-0.25, -0.2) is 13.9 Å². The van der Waals surface area contributed by atoms with E-state index < -0.39 is 17.3 Å². The molecule has 4 aromatic rings. The fourth-order valence-corrected chi connectivity index (χ4v) is 4.33. The molecule has 0 unspecified atom stereocenters. The summed E-state index contributed by atoms with van der Waals surface area (Å²) in [5.41, 5.74) is 3.37. The first kappa shape index (κ1) is 23.2. The maximum absolute atomic E-state index is 13.4. The topological polar surface area (TPSA) is 73.2 Å². The van der Waals surface area contributed by atoms with Crippen molar-refractivity contribution in [2.45, 2.75) is 19.8 Å². The number of halogens is 1. The number of fused-ring (bicyclic) bond motifs is 1. The van der Waals surface area contributed by atoms with Crippen molar-refractivity contribution in [2.75, 3.05) is 13.7 Å². The molecule has 0 saturated heterocycles. The molecule has 0 spiro atoms. The van der Waals surface area contributed by atoms with Crippen LogP contribution in [0.25, 0.3) is 16.6 Å². The summed E-state index contributed by atoms with van der Waals surface area (Å²) in [6.45, 7) is 4.37. The summed E-state index contributed by atoms with van der Waals surface area (Å²) < 4.78 is 19.6. The van der Waals surface area contributed by atoms with Gasteiger partial charge in [-0.05, 0) is 52.9 Å². The molecule has 6 nitrogen and oxygen atoms in total. The smallest absolute Gasteiger partial charge is 0.396 e. The highest BCUT2D eigenvalue weighted by molar-refractivity contribution is 6.32. The molecule has 0 fully saturated rings. The van der Waals surface area contributed by atoms with Gasteiger partial charge in [0.1, 0.15) is 5.82 Å². The highest BCUT2D eigenvalue weighted by atomic mass is 19.1. The van der Waals surface area contributed by atoms with Gasteiger partial charge in [-0.2, -0.15) is 5.10 Å². The molecule has 1 aromatic heterocycles. The first-order chi connectivity index (χ1) is 16.3. The van der Waals surface area contributed by atoms with Gasteiger partial charge in [0.15, 0.2) is 0 Å². The van der Waals surface area contributed by atoms with E-state index in [2.05, 4.69) is 33.4 Å². The van der Waals surface area contributed by atoms with E-state index in [0.29, 0.717) is 0 Å². The molecule has 174 valence electrons. The Morgan fingerprint density at radius 1 is 1.03 bits per heavy atom. The number of carbonyl (C=O) groups excluding carboxylic acids is 2. The number of methoxy groups -OCH3 is 1. The molecule has 0 radical (unpaired) electrons. The van der Waals surface area contributed by atoms with Crippen LogP contribution in [0.4, 0.5) is 4.39 Å². The van der Waals surface area contributed by atoms with Gasteiger partial charge in [-0.15, -0.1) is 0 Å². The number of ether oxygens (including phenoxy) is 1. The largest absolute Gasteiger partial charge is 0.462 e. The number of hydrogen-bond donors (Lipinski definition) is 1. The number of nitrogens with one attached hydrogen (secondary N) is 1. The van der Waals surface area contributed by atoms with Crippen LogP contribution in [0.1, 0.15) is 30.9 Å². The number of benzene rings is 3. The fraction of sp³-hybridized carbons (Fsp3) is 0.222. The second-order valence-electron chi connectivity index (χ2n) is 8.86. The van der Waals surface area contributed by atoms with Crippen LogP contribution in [0, 0.1) is 11.2 Å². The number of aromatic nitrogens is 2. The van der Waals surface area contributed by atoms with Crippen LogP contribution in [0.2, 0.25) is 0 Å². The number of carbonyl (C=O) groups is 2. The van der Waals surface area contributed by atoms with E-state index >= 15 is 0 Å².